The molecule has 0 bridgehead atoms. The highest BCUT2D eigenvalue weighted by Gasteiger charge is 2.24. The normalized spacial score (nSPS) is 17.4. The lowest BCUT2D eigenvalue weighted by atomic mass is 9.97. The van der Waals surface area contributed by atoms with Gasteiger partial charge in [-0.05, 0) is 68.0 Å². The van der Waals surface area contributed by atoms with E-state index >= 15 is 0 Å². The third kappa shape index (κ3) is 4.78. The summed E-state index contributed by atoms with van der Waals surface area (Å²) in [7, 11) is 0. The van der Waals surface area contributed by atoms with Crippen molar-refractivity contribution in [3.63, 3.8) is 0 Å². The molecule has 0 aromatic heterocycles. The number of likely N-dealkylation sites (tertiary alicyclic amines) is 2. The second-order valence-electron chi connectivity index (χ2n) is 7.94. The van der Waals surface area contributed by atoms with Crippen LogP contribution in [0.5, 0.6) is 5.75 Å². The number of carbonyl (C=O) groups excluding carboxylic acids is 2. The van der Waals surface area contributed by atoms with Crippen LogP contribution in [-0.4, -0.2) is 54.4 Å². The van der Waals surface area contributed by atoms with Gasteiger partial charge in [-0.1, -0.05) is 18.2 Å². The number of amides is 2. The fourth-order valence-electron chi connectivity index (χ4n) is 4.08. The van der Waals surface area contributed by atoms with Crippen molar-refractivity contribution in [3.05, 3.63) is 65.7 Å². The first kappa shape index (κ1) is 19.5. The Morgan fingerprint density at radius 1 is 0.759 bits per heavy atom. The minimum atomic E-state index is 0.114. The lowest BCUT2D eigenvalue weighted by Gasteiger charge is -2.32. The summed E-state index contributed by atoms with van der Waals surface area (Å²) in [6.45, 7) is 3.91. The summed E-state index contributed by atoms with van der Waals surface area (Å²) in [5.74, 6) is 1.47. The van der Waals surface area contributed by atoms with Crippen molar-refractivity contribution in [1.29, 1.82) is 0 Å². The van der Waals surface area contributed by atoms with Gasteiger partial charge in [0.2, 0.25) is 0 Å². The molecule has 2 aromatic rings. The van der Waals surface area contributed by atoms with Crippen LogP contribution >= 0.6 is 0 Å². The molecule has 2 amide bonds. The van der Waals surface area contributed by atoms with Crippen LogP contribution in [0.25, 0.3) is 0 Å². The Labute approximate surface area is 172 Å². The third-order valence-corrected chi connectivity index (χ3v) is 5.90. The molecule has 2 saturated heterocycles. The Morgan fingerprint density at radius 2 is 1.31 bits per heavy atom. The summed E-state index contributed by atoms with van der Waals surface area (Å²) in [6, 6.07) is 17.0. The zero-order valence-corrected chi connectivity index (χ0v) is 16.8. The maximum atomic E-state index is 12.5. The molecule has 0 atom stereocenters. The van der Waals surface area contributed by atoms with Gasteiger partial charge in [-0.15, -0.1) is 0 Å². The van der Waals surface area contributed by atoms with Crippen molar-refractivity contribution in [2.45, 2.75) is 25.7 Å². The smallest absolute Gasteiger partial charge is 0.253 e. The second kappa shape index (κ2) is 9.12. The van der Waals surface area contributed by atoms with Crippen LogP contribution in [0.2, 0.25) is 0 Å². The Kier molecular flexibility index (Phi) is 6.13. The van der Waals surface area contributed by atoms with E-state index in [0.29, 0.717) is 12.5 Å². The van der Waals surface area contributed by atoms with Gasteiger partial charge in [0.1, 0.15) is 5.75 Å². The molecule has 0 saturated carbocycles. The molecule has 5 nitrogen and oxygen atoms in total. The lowest BCUT2D eigenvalue weighted by molar-refractivity contribution is 0.0660. The molecule has 0 radical (unpaired) electrons. The summed E-state index contributed by atoms with van der Waals surface area (Å²) in [5, 5.41) is 0. The summed E-state index contributed by atoms with van der Waals surface area (Å²) >= 11 is 0. The Morgan fingerprint density at radius 3 is 1.93 bits per heavy atom. The summed E-state index contributed by atoms with van der Waals surface area (Å²) in [4.78, 5) is 28.8. The van der Waals surface area contributed by atoms with E-state index in [1.807, 2.05) is 64.4 Å². The van der Waals surface area contributed by atoms with Crippen molar-refractivity contribution in [1.82, 2.24) is 9.80 Å². The van der Waals surface area contributed by atoms with Crippen LogP contribution in [0, 0.1) is 5.92 Å². The molecule has 2 aliphatic heterocycles. The quantitative estimate of drug-likeness (QED) is 0.777. The zero-order valence-electron chi connectivity index (χ0n) is 16.8. The average Bonchev–Trinajstić information content (AvgIpc) is 3.33. The molecule has 0 N–H and O–H groups in total. The van der Waals surface area contributed by atoms with Gasteiger partial charge in [-0.25, -0.2) is 0 Å². The molecule has 0 spiro atoms. The van der Waals surface area contributed by atoms with E-state index in [0.717, 1.165) is 68.7 Å². The van der Waals surface area contributed by atoms with Gasteiger partial charge in [0.15, 0.2) is 0 Å². The number of benzene rings is 2. The van der Waals surface area contributed by atoms with E-state index in [2.05, 4.69) is 0 Å². The van der Waals surface area contributed by atoms with E-state index < -0.39 is 0 Å². The lowest BCUT2D eigenvalue weighted by Crippen LogP contribution is -2.39. The second-order valence-corrected chi connectivity index (χ2v) is 7.94. The van der Waals surface area contributed by atoms with Crippen LogP contribution in [0.4, 0.5) is 0 Å². The predicted molar refractivity (Wildman–Crippen MR) is 112 cm³/mol. The van der Waals surface area contributed by atoms with E-state index in [1.54, 1.807) is 0 Å². The number of hydrogen-bond donors (Lipinski definition) is 0. The standard InChI is InChI=1S/C24H28N2O3/c27-23(20-6-2-1-3-7-20)26-16-12-19(13-17-26)18-29-22-10-8-21(9-11-22)24(28)25-14-4-5-15-25/h1-3,6-11,19H,4-5,12-18H2. The molecular formula is C24H28N2O3. The van der Waals surface area contributed by atoms with Gasteiger partial charge in [0, 0.05) is 37.3 Å². The zero-order chi connectivity index (χ0) is 20.1. The molecule has 2 aliphatic rings. The Bertz CT molecular complexity index is 821. The SMILES string of the molecule is O=C(c1ccc(OCC2CCN(C(=O)c3ccccc3)CC2)cc1)N1CCCC1. The first-order valence-corrected chi connectivity index (χ1v) is 10.6. The third-order valence-electron chi connectivity index (χ3n) is 5.90. The molecule has 5 heteroatoms. The monoisotopic (exact) mass is 392 g/mol. The highest BCUT2D eigenvalue weighted by atomic mass is 16.5. The maximum Gasteiger partial charge on any atom is 0.253 e. The largest absolute Gasteiger partial charge is 0.493 e. The van der Waals surface area contributed by atoms with Crippen molar-refractivity contribution >= 4 is 11.8 Å². The number of carbonyl (C=O) groups is 2. The fraction of sp³-hybridized carbons (Fsp3) is 0.417. The first-order valence-electron chi connectivity index (χ1n) is 10.6. The van der Waals surface area contributed by atoms with Crippen LogP contribution in [0.1, 0.15) is 46.4 Å². The van der Waals surface area contributed by atoms with Crippen LogP contribution in [0.3, 0.4) is 0 Å². The number of rotatable bonds is 5. The number of hydrogen-bond acceptors (Lipinski definition) is 3. The van der Waals surface area contributed by atoms with Crippen LogP contribution < -0.4 is 4.74 Å². The van der Waals surface area contributed by atoms with Crippen molar-refractivity contribution < 1.29 is 14.3 Å². The van der Waals surface area contributed by atoms with Crippen molar-refractivity contribution in [2.24, 2.45) is 5.92 Å². The van der Waals surface area contributed by atoms with E-state index in [-0.39, 0.29) is 11.8 Å². The van der Waals surface area contributed by atoms with Gasteiger partial charge in [-0.3, -0.25) is 9.59 Å². The highest BCUT2D eigenvalue weighted by Crippen LogP contribution is 2.22. The van der Waals surface area contributed by atoms with E-state index in [1.165, 1.54) is 0 Å². The topological polar surface area (TPSA) is 49.9 Å². The average molecular weight is 392 g/mol. The molecule has 4 rings (SSSR count). The molecule has 2 heterocycles. The van der Waals surface area contributed by atoms with E-state index in [4.69, 9.17) is 4.74 Å². The summed E-state index contributed by atoms with van der Waals surface area (Å²) in [6.07, 6.45) is 4.10. The van der Waals surface area contributed by atoms with Gasteiger partial charge in [0.05, 0.1) is 6.61 Å². The highest BCUT2D eigenvalue weighted by molar-refractivity contribution is 5.94. The minimum absolute atomic E-state index is 0.114. The fourth-order valence-corrected chi connectivity index (χ4v) is 4.08. The number of nitrogens with zero attached hydrogens (tertiary/aromatic N) is 2. The summed E-state index contributed by atoms with van der Waals surface area (Å²) < 4.78 is 5.96. The molecule has 2 aromatic carbocycles. The molecular weight excluding hydrogens is 364 g/mol. The van der Waals surface area contributed by atoms with Gasteiger partial charge < -0.3 is 14.5 Å². The minimum Gasteiger partial charge on any atom is -0.493 e. The molecule has 152 valence electrons. The van der Waals surface area contributed by atoms with Gasteiger partial charge in [-0.2, -0.15) is 0 Å². The predicted octanol–water partition coefficient (Wildman–Crippen LogP) is 3.85. The van der Waals surface area contributed by atoms with Crippen LogP contribution in [0.15, 0.2) is 54.6 Å². The van der Waals surface area contributed by atoms with Crippen molar-refractivity contribution in [3.8, 4) is 5.75 Å². The summed E-state index contributed by atoms with van der Waals surface area (Å²) in [5.41, 5.74) is 1.48. The van der Waals surface area contributed by atoms with Crippen LogP contribution in [-0.2, 0) is 0 Å². The number of ether oxygens (including phenoxy) is 1. The first-order chi connectivity index (χ1) is 14.2. The molecule has 0 aliphatic carbocycles. The number of piperidine rings is 1. The van der Waals surface area contributed by atoms with E-state index in [9.17, 15) is 9.59 Å². The Hall–Kier alpha value is -2.82. The maximum absolute atomic E-state index is 12.5. The van der Waals surface area contributed by atoms with Gasteiger partial charge >= 0.3 is 0 Å². The Balaban J connectivity index is 1.23. The van der Waals surface area contributed by atoms with Crippen molar-refractivity contribution in [2.75, 3.05) is 32.8 Å². The molecule has 0 unspecified atom stereocenters. The van der Waals surface area contributed by atoms with Gasteiger partial charge in [0.25, 0.3) is 11.8 Å². The molecule has 29 heavy (non-hydrogen) atoms. The molecule has 2 fully saturated rings.